The lowest BCUT2D eigenvalue weighted by Gasteiger charge is -2.10. The summed E-state index contributed by atoms with van der Waals surface area (Å²) in [5.41, 5.74) is 2.12. The second kappa shape index (κ2) is 9.66. The summed E-state index contributed by atoms with van der Waals surface area (Å²) in [7, 11) is 0. The molecule has 2 nitrogen and oxygen atoms in total. The van der Waals surface area contributed by atoms with Crippen LogP contribution in [-0.2, 0) is 0 Å². The van der Waals surface area contributed by atoms with Gasteiger partial charge in [0.05, 0.1) is 0 Å². The van der Waals surface area contributed by atoms with Gasteiger partial charge in [-0.25, -0.2) is 4.39 Å². The van der Waals surface area contributed by atoms with Crippen molar-refractivity contribution in [3.05, 3.63) is 41.7 Å². The minimum Gasteiger partial charge on any atom is -0.396 e. The SMILES string of the molecule is C=C(NCCCCO)c1cc(C)ccc1F.CC. The Bertz CT molecular complexity index is 364. The van der Waals surface area contributed by atoms with Crippen LogP contribution in [0, 0.1) is 12.7 Å². The molecule has 1 aromatic rings. The van der Waals surface area contributed by atoms with E-state index < -0.39 is 0 Å². The summed E-state index contributed by atoms with van der Waals surface area (Å²) < 4.78 is 13.5. The van der Waals surface area contributed by atoms with Gasteiger partial charge in [0, 0.05) is 24.4 Å². The van der Waals surface area contributed by atoms with Gasteiger partial charge in [-0.15, -0.1) is 0 Å². The minimum absolute atomic E-state index is 0.187. The molecule has 0 spiro atoms. The standard InChI is InChI=1S/C13H18FNO.C2H6/c1-10-5-6-13(14)12(9-10)11(2)15-7-3-4-8-16;1-2/h5-6,9,15-16H,2-4,7-8H2,1H3;1-2H3. The van der Waals surface area contributed by atoms with Gasteiger partial charge in [-0.05, 0) is 31.9 Å². The number of nitrogens with one attached hydrogen (secondary N) is 1. The molecule has 0 saturated carbocycles. The van der Waals surface area contributed by atoms with Crippen molar-refractivity contribution in [3.8, 4) is 0 Å². The van der Waals surface area contributed by atoms with Crippen molar-refractivity contribution in [2.45, 2.75) is 33.6 Å². The van der Waals surface area contributed by atoms with Gasteiger partial charge in [0.25, 0.3) is 0 Å². The Morgan fingerprint density at radius 3 is 2.61 bits per heavy atom. The molecule has 2 N–H and O–H groups in total. The van der Waals surface area contributed by atoms with Crippen LogP contribution in [0.5, 0.6) is 0 Å². The molecule has 0 aliphatic rings. The zero-order valence-electron chi connectivity index (χ0n) is 11.6. The van der Waals surface area contributed by atoms with Crippen molar-refractivity contribution in [1.29, 1.82) is 0 Å². The summed E-state index contributed by atoms with van der Waals surface area (Å²) >= 11 is 0. The van der Waals surface area contributed by atoms with E-state index >= 15 is 0 Å². The van der Waals surface area contributed by atoms with Crippen LogP contribution < -0.4 is 5.32 Å². The molecule has 0 aliphatic carbocycles. The second-order valence-corrected chi connectivity index (χ2v) is 3.82. The van der Waals surface area contributed by atoms with E-state index in [0.717, 1.165) is 18.4 Å². The number of hydrogen-bond acceptors (Lipinski definition) is 2. The van der Waals surface area contributed by atoms with Crippen molar-refractivity contribution in [2.24, 2.45) is 0 Å². The molecule has 3 heteroatoms. The molecule has 0 fully saturated rings. The third-order valence-electron chi connectivity index (χ3n) is 2.37. The third kappa shape index (κ3) is 5.82. The maximum absolute atomic E-state index is 13.5. The van der Waals surface area contributed by atoms with E-state index in [1.54, 1.807) is 12.1 Å². The molecule has 0 aliphatic heterocycles. The molecule has 0 saturated heterocycles. The summed E-state index contributed by atoms with van der Waals surface area (Å²) in [4.78, 5) is 0. The predicted molar refractivity (Wildman–Crippen MR) is 75.8 cm³/mol. The Hall–Kier alpha value is -1.35. The molecular formula is C15H24FNO. The highest BCUT2D eigenvalue weighted by molar-refractivity contribution is 5.62. The van der Waals surface area contributed by atoms with Gasteiger partial charge >= 0.3 is 0 Å². The highest BCUT2D eigenvalue weighted by Gasteiger charge is 2.05. The molecule has 0 heterocycles. The first kappa shape index (κ1) is 16.6. The normalized spacial score (nSPS) is 9.39. The van der Waals surface area contributed by atoms with Crippen LogP contribution in [0.4, 0.5) is 4.39 Å². The maximum Gasteiger partial charge on any atom is 0.132 e. The van der Waals surface area contributed by atoms with Crippen molar-refractivity contribution < 1.29 is 9.50 Å². The lowest BCUT2D eigenvalue weighted by Crippen LogP contribution is -2.14. The molecule has 0 unspecified atom stereocenters. The van der Waals surface area contributed by atoms with Crippen LogP contribution in [0.3, 0.4) is 0 Å². The van der Waals surface area contributed by atoms with Crippen LogP contribution in [0.1, 0.15) is 37.8 Å². The minimum atomic E-state index is -0.259. The molecule has 0 radical (unpaired) electrons. The van der Waals surface area contributed by atoms with E-state index in [-0.39, 0.29) is 12.4 Å². The summed E-state index contributed by atoms with van der Waals surface area (Å²) in [6.45, 7) is 10.6. The monoisotopic (exact) mass is 253 g/mol. The number of unbranched alkanes of at least 4 members (excludes halogenated alkanes) is 1. The topological polar surface area (TPSA) is 32.3 Å². The first-order valence-electron chi connectivity index (χ1n) is 6.45. The second-order valence-electron chi connectivity index (χ2n) is 3.82. The number of hydrogen-bond donors (Lipinski definition) is 2. The van der Waals surface area contributed by atoms with Crippen molar-refractivity contribution in [1.82, 2.24) is 5.32 Å². The van der Waals surface area contributed by atoms with Gasteiger partial charge in [-0.3, -0.25) is 0 Å². The summed E-state index contributed by atoms with van der Waals surface area (Å²) in [5, 5.41) is 11.7. The van der Waals surface area contributed by atoms with E-state index in [4.69, 9.17) is 5.11 Å². The van der Waals surface area contributed by atoms with E-state index in [0.29, 0.717) is 17.8 Å². The number of benzene rings is 1. The fourth-order valence-corrected chi connectivity index (χ4v) is 1.44. The average Bonchev–Trinajstić information content (AvgIpc) is 2.39. The van der Waals surface area contributed by atoms with E-state index in [2.05, 4.69) is 11.9 Å². The van der Waals surface area contributed by atoms with Crippen LogP contribution >= 0.6 is 0 Å². The number of rotatable bonds is 6. The molecule has 0 bridgehead atoms. The van der Waals surface area contributed by atoms with Gasteiger partial charge in [0.1, 0.15) is 5.82 Å². The third-order valence-corrected chi connectivity index (χ3v) is 2.37. The van der Waals surface area contributed by atoms with Gasteiger partial charge in [0.15, 0.2) is 0 Å². The van der Waals surface area contributed by atoms with Crippen LogP contribution in [0.2, 0.25) is 0 Å². The smallest absolute Gasteiger partial charge is 0.132 e. The highest BCUT2D eigenvalue weighted by Crippen LogP contribution is 2.16. The first-order valence-corrected chi connectivity index (χ1v) is 6.45. The van der Waals surface area contributed by atoms with Crippen LogP contribution in [0.15, 0.2) is 24.8 Å². The van der Waals surface area contributed by atoms with E-state index in [1.807, 2.05) is 20.8 Å². The van der Waals surface area contributed by atoms with Crippen LogP contribution in [-0.4, -0.2) is 18.3 Å². The Morgan fingerprint density at radius 1 is 1.33 bits per heavy atom. The van der Waals surface area contributed by atoms with Crippen molar-refractivity contribution in [3.63, 3.8) is 0 Å². The van der Waals surface area contributed by atoms with E-state index in [9.17, 15) is 4.39 Å². The molecule has 0 atom stereocenters. The Morgan fingerprint density at radius 2 is 2.00 bits per heavy atom. The summed E-state index contributed by atoms with van der Waals surface area (Å²) in [6, 6.07) is 4.96. The maximum atomic E-state index is 13.5. The number of aryl methyl sites for hydroxylation is 1. The molecule has 18 heavy (non-hydrogen) atoms. The molecule has 1 rings (SSSR count). The molecule has 1 aromatic carbocycles. The van der Waals surface area contributed by atoms with Gasteiger partial charge in [-0.1, -0.05) is 32.1 Å². The molecule has 102 valence electrons. The van der Waals surface area contributed by atoms with E-state index in [1.165, 1.54) is 6.07 Å². The van der Waals surface area contributed by atoms with Gasteiger partial charge in [-0.2, -0.15) is 0 Å². The Balaban J connectivity index is 0.00000137. The summed E-state index contributed by atoms with van der Waals surface area (Å²) in [5.74, 6) is -0.259. The lowest BCUT2D eigenvalue weighted by molar-refractivity contribution is 0.284. The largest absolute Gasteiger partial charge is 0.396 e. The quantitative estimate of drug-likeness (QED) is 0.761. The number of aliphatic hydroxyl groups excluding tert-OH is 1. The molecule has 0 amide bonds. The fourth-order valence-electron chi connectivity index (χ4n) is 1.44. The predicted octanol–water partition coefficient (Wildman–Crippen LogP) is 3.49. The number of halogens is 1. The first-order chi connectivity index (χ1) is 8.65. The fraction of sp³-hybridized carbons (Fsp3) is 0.467. The average molecular weight is 253 g/mol. The zero-order valence-corrected chi connectivity index (χ0v) is 11.6. The van der Waals surface area contributed by atoms with Gasteiger partial charge < -0.3 is 10.4 Å². The number of aliphatic hydroxyl groups is 1. The Kier molecular flexibility index (Phi) is 8.93. The Labute approximate surface area is 110 Å². The van der Waals surface area contributed by atoms with Crippen molar-refractivity contribution in [2.75, 3.05) is 13.2 Å². The zero-order chi connectivity index (χ0) is 14.0. The lowest BCUT2D eigenvalue weighted by atomic mass is 10.1. The molecular weight excluding hydrogens is 229 g/mol. The summed E-state index contributed by atoms with van der Waals surface area (Å²) in [6.07, 6.45) is 1.60. The van der Waals surface area contributed by atoms with Crippen molar-refractivity contribution >= 4 is 5.70 Å². The van der Waals surface area contributed by atoms with Gasteiger partial charge in [0.2, 0.25) is 0 Å². The highest BCUT2D eigenvalue weighted by atomic mass is 19.1. The van der Waals surface area contributed by atoms with Crippen LogP contribution in [0.25, 0.3) is 5.70 Å². The molecule has 0 aromatic heterocycles.